The Kier molecular flexibility index (Phi) is 11.8. The molecule has 0 saturated carbocycles. The van der Waals surface area contributed by atoms with Crippen molar-refractivity contribution >= 4 is 15.6 Å². The minimum atomic E-state index is -5.03. The van der Waals surface area contributed by atoms with Crippen molar-refractivity contribution in [3.63, 3.8) is 0 Å². The third kappa shape index (κ3) is 15.3. The first-order valence-corrected chi connectivity index (χ1v) is 12.6. The zero-order valence-electron chi connectivity index (χ0n) is 15.6. The topological polar surface area (TPSA) is 126 Å². The summed E-state index contributed by atoms with van der Waals surface area (Å²) in [6.07, 6.45) is 13.1. The fraction of sp³-hybridized carbons (Fsp3) is 1.00. The molecule has 1 heterocycles. The Balaban J connectivity index is 1.87. The average Bonchev–Trinajstić information content (AvgIpc) is 3.32. The van der Waals surface area contributed by atoms with E-state index in [1.165, 1.54) is 51.4 Å². The summed E-state index contributed by atoms with van der Waals surface area (Å²) < 4.78 is 35.2. The minimum absolute atomic E-state index is 0.0655. The first-order chi connectivity index (χ1) is 12.2. The molecule has 3 atom stereocenters. The van der Waals surface area contributed by atoms with Crippen molar-refractivity contribution in [3.05, 3.63) is 0 Å². The first kappa shape index (κ1) is 24.3. The smallest absolute Gasteiger partial charge is 0.373 e. The Morgan fingerprint density at radius 2 is 1.50 bits per heavy atom. The molecule has 1 aliphatic heterocycles. The van der Waals surface area contributed by atoms with Crippen LogP contribution in [0.3, 0.4) is 0 Å². The third-order valence-electron chi connectivity index (χ3n) is 4.43. The van der Waals surface area contributed by atoms with Crippen LogP contribution in [0.4, 0.5) is 0 Å². The van der Waals surface area contributed by atoms with Gasteiger partial charge < -0.3 is 19.4 Å². The number of hydrogen-bond donors (Lipinski definition) is 3. The fourth-order valence-corrected chi connectivity index (χ4v) is 4.52. The molecule has 3 unspecified atom stereocenters. The summed E-state index contributed by atoms with van der Waals surface area (Å²) in [5.41, 5.74) is 0. The molecule has 26 heavy (non-hydrogen) atoms. The van der Waals surface area contributed by atoms with Crippen molar-refractivity contribution < 1.29 is 37.4 Å². The van der Waals surface area contributed by atoms with Crippen molar-refractivity contribution in [2.75, 3.05) is 13.2 Å². The van der Waals surface area contributed by atoms with E-state index in [2.05, 4.69) is 15.8 Å². The van der Waals surface area contributed by atoms with Crippen LogP contribution < -0.4 is 0 Å². The van der Waals surface area contributed by atoms with Crippen LogP contribution >= 0.6 is 15.6 Å². The number of unbranched alkanes of at least 4 members (excludes halogenated alkanes) is 6. The van der Waals surface area contributed by atoms with Gasteiger partial charge in [0.1, 0.15) is 0 Å². The van der Waals surface area contributed by atoms with E-state index in [-0.39, 0.29) is 6.61 Å². The fourth-order valence-electron chi connectivity index (χ4n) is 2.90. The van der Waals surface area contributed by atoms with E-state index in [1.807, 2.05) is 0 Å². The van der Waals surface area contributed by atoms with E-state index < -0.39 is 15.6 Å². The number of ether oxygens (including phenoxy) is 1. The molecule has 3 N–H and O–H groups in total. The van der Waals surface area contributed by atoms with E-state index in [9.17, 15) is 9.13 Å². The van der Waals surface area contributed by atoms with Gasteiger partial charge in [0.2, 0.25) is 0 Å². The molecule has 0 bridgehead atoms. The Morgan fingerprint density at radius 3 is 2.08 bits per heavy atom. The van der Waals surface area contributed by atoms with Gasteiger partial charge in [-0.3, -0.25) is 4.52 Å². The van der Waals surface area contributed by atoms with Gasteiger partial charge in [0.25, 0.3) is 0 Å². The van der Waals surface area contributed by atoms with Crippen molar-refractivity contribution in [2.45, 2.75) is 83.7 Å². The lowest BCUT2D eigenvalue weighted by Gasteiger charge is -2.14. The van der Waals surface area contributed by atoms with E-state index in [4.69, 9.17) is 19.4 Å². The molecule has 0 aromatic heterocycles. The molecule has 156 valence electrons. The van der Waals surface area contributed by atoms with Crippen LogP contribution in [-0.2, 0) is 22.7 Å². The van der Waals surface area contributed by atoms with Crippen LogP contribution in [0.2, 0.25) is 0 Å². The minimum Gasteiger partial charge on any atom is -0.373 e. The molecule has 0 radical (unpaired) electrons. The number of epoxide rings is 1. The van der Waals surface area contributed by atoms with Crippen molar-refractivity contribution in [1.82, 2.24) is 0 Å². The highest BCUT2D eigenvalue weighted by molar-refractivity contribution is 7.60. The molecule has 8 nitrogen and oxygen atoms in total. The molecule has 0 aromatic carbocycles. The third-order valence-corrected chi connectivity index (χ3v) is 6.62. The molecular weight excluding hydrogens is 382 g/mol. The first-order valence-electron chi connectivity index (χ1n) is 9.54. The van der Waals surface area contributed by atoms with Gasteiger partial charge in [-0.1, -0.05) is 58.3 Å². The normalized spacial score (nSPS) is 20.7. The van der Waals surface area contributed by atoms with Crippen LogP contribution in [0, 0.1) is 5.92 Å². The van der Waals surface area contributed by atoms with Gasteiger partial charge in [0, 0.05) is 0 Å². The standard InChI is InChI=1S/C16H34O8P2/c1-15(11-9-13-23-26(20,21)24-25(17,18)19)10-7-5-3-2-4-6-8-12-16-14-22-16/h15-16H,2-14H2,1H3,(H,20,21)(H2,17,18,19). The maximum absolute atomic E-state index is 11.3. The molecule has 0 spiro atoms. The van der Waals surface area contributed by atoms with Crippen molar-refractivity contribution in [3.8, 4) is 0 Å². The van der Waals surface area contributed by atoms with E-state index in [1.54, 1.807) is 0 Å². The SMILES string of the molecule is CC(CCCCCCCCCC1CO1)CCCOP(=O)(O)OP(=O)(O)O. The Hall–Kier alpha value is 0.220. The molecule has 1 aliphatic rings. The van der Waals surface area contributed by atoms with Gasteiger partial charge in [-0.2, -0.15) is 4.31 Å². The molecule has 0 amide bonds. The van der Waals surface area contributed by atoms with Crippen LogP contribution in [0.1, 0.15) is 77.6 Å². The summed E-state index contributed by atoms with van der Waals surface area (Å²) in [6, 6.07) is 0. The second-order valence-corrected chi connectivity index (χ2v) is 9.96. The van der Waals surface area contributed by atoms with Gasteiger partial charge in [0.15, 0.2) is 0 Å². The Morgan fingerprint density at radius 1 is 0.962 bits per heavy atom. The number of phosphoric acid groups is 2. The zero-order chi connectivity index (χ0) is 19.5. The highest BCUT2D eigenvalue weighted by Gasteiger charge is 2.32. The zero-order valence-corrected chi connectivity index (χ0v) is 17.4. The summed E-state index contributed by atoms with van der Waals surface area (Å²) in [4.78, 5) is 26.1. The molecule has 1 saturated heterocycles. The van der Waals surface area contributed by atoms with Gasteiger partial charge in [0.05, 0.1) is 19.3 Å². The van der Waals surface area contributed by atoms with Crippen LogP contribution in [0.25, 0.3) is 0 Å². The molecular formula is C16H34O8P2. The molecule has 0 aromatic rings. The summed E-state index contributed by atoms with van der Waals surface area (Å²) in [5, 5.41) is 0. The lowest BCUT2D eigenvalue weighted by atomic mass is 9.97. The summed E-state index contributed by atoms with van der Waals surface area (Å²) in [5.74, 6) is 0.484. The predicted molar refractivity (Wildman–Crippen MR) is 98.6 cm³/mol. The highest BCUT2D eigenvalue weighted by Crippen LogP contribution is 2.57. The second-order valence-electron chi connectivity index (χ2n) is 7.13. The maximum Gasteiger partial charge on any atom is 0.481 e. The van der Waals surface area contributed by atoms with Crippen LogP contribution in [0.15, 0.2) is 0 Å². The molecule has 1 fully saturated rings. The van der Waals surface area contributed by atoms with Crippen molar-refractivity contribution in [2.24, 2.45) is 5.92 Å². The summed E-state index contributed by atoms with van der Waals surface area (Å²) in [6.45, 7) is 3.03. The predicted octanol–water partition coefficient (Wildman–Crippen LogP) is 4.54. The van der Waals surface area contributed by atoms with Gasteiger partial charge in [-0.05, 0) is 25.2 Å². The van der Waals surface area contributed by atoms with Gasteiger partial charge in [-0.25, -0.2) is 9.13 Å². The molecule has 0 aliphatic carbocycles. The largest absolute Gasteiger partial charge is 0.481 e. The number of phosphoric ester groups is 1. The van der Waals surface area contributed by atoms with E-state index in [0.717, 1.165) is 19.4 Å². The lowest BCUT2D eigenvalue weighted by molar-refractivity contribution is 0.173. The van der Waals surface area contributed by atoms with Crippen LogP contribution in [0.5, 0.6) is 0 Å². The van der Waals surface area contributed by atoms with Crippen molar-refractivity contribution in [1.29, 1.82) is 0 Å². The summed E-state index contributed by atoms with van der Waals surface area (Å²) >= 11 is 0. The number of rotatable bonds is 17. The molecule has 1 rings (SSSR count). The average molecular weight is 416 g/mol. The van der Waals surface area contributed by atoms with E-state index >= 15 is 0 Å². The quantitative estimate of drug-likeness (QED) is 0.179. The molecule has 10 heteroatoms. The van der Waals surface area contributed by atoms with E-state index in [0.29, 0.717) is 18.4 Å². The second kappa shape index (κ2) is 12.6. The Bertz CT molecular complexity index is 463. The highest BCUT2D eigenvalue weighted by atomic mass is 31.3. The van der Waals surface area contributed by atoms with Crippen LogP contribution in [-0.4, -0.2) is 34.0 Å². The Labute approximate surface area is 156 Å². The van der Waals surface area contributed by atoms with Gasteiger partial charge in [-0.15, -0.1) is 0 Å². The lowest BCUT2D eigenvalue weighted by Crippen LogP contribution is -2.00. The number of hydrogen-bond acceptors (Lipinski definition) is 5. The monoisotopic (exact) mass is 416 g/mol. The van der Waals surface area contributed by atoms with Gasteiger partial charge >= 0.3 is 15.6 Å². The summed E-state index contributed by atoms with van der Waals surface area (Å²) in [7, 11) is -9.72. The maximum atomic E-state index is 11.3.